The van der Waals surface area contributed by atoms with Gasteiger partial charge in [-0.2, -0.15) is 60.8 Å². The van der Waals surface area contributed by atoms with Gasteiger partial charge in [-0.25, -0.2) is 0 Å². The van der Waals surface area contributed by atoms with Crippen molar-refractivity contribution in [1.82, 2.24) is 0 Å². The lowest BCUT2D eigenvalue weighted by Gasteiger charge is -1.59. The first-order chi connectivity index (χ1) is 2.73. The predicted molar refractivity (Wildman–Crippen MR) is 58.8 cm³/mol. The highest BCUT2D eigenvalue weighted by Crippen LogP contribution is 2.10. The number of halogens is 3. The van der Waals surface area contributed by atoms with Gasteiger partial charge in [-0.15, -0.1) is 0 Å². The van der Waals surface area contributed by atoms with Crippen LogP contribution in [0.4, 0.5) is 0 Å². The molecule has 0 spiro atoms. The zero-order valence-electron chi connectivity index (χ0n) is 3.42. The normalized spacial score (nSPS) is 5.50. The van der Waals surface area contributed by atoms with Crippen molar-refractivity contribution >= 4 is 65.1 Å². The molecule has 0 aromatic heterocycles. The van der Waals surface area contributed by atoms with E-state index in [1.165, 1.54) is 0 Å². The van der Waals surface area contributed by atoms with Crippen LogP contribution in [0.1, 0.15) is 6.92 Å². The molecular weight excluding hydrogens is 432 g/mol. The molecular formula is C2H5AlI3. The summed E-state index contributed by atoms with van der Waals surface area (Å²) in [5.74, 6) is 0. The summed E-state index contributed by atoms with van der Waals surface area (Å²) in [5.41, 5.74) is 0. The van der Waals surface area contributed by atoms with E-state index in [9.17, 15) is 0 Å². The summed E-state index contributed by atoms with van der Waals surface area (Å²) in [4.78, 5) is 0. The maximum Gasteiger partial charge on any atom is 0.524 e. The molecule has 0 saturated heterocycles. The van der Waals surface area contributed by atoms with Gasteiger partial charge in [-0.05, 0) is 0 Å². The standard InChI is InChI=1S/C2H5.Al.3HI/c1-2;;;;/h1H2,2H3;;3*1H/q;+3;;;/p-3. The van der Waals surface area contributed by atoms with Crippen molar-refractivity contribution in [3.63, 3.8) is 0 Å². The van der Waals surface area contributed by atoms with Gasteiger partial charge in [0.25, 0.3) is 0 Å². The van der Waals surface area contributed by atoms with Gasteiger partial charge in [-0.3, -0.25) is 0 Å². The third-order valence-corrected chi connectivity index (χ3v) is 0. The van der Waals surface area contributed by atoms with E-state index >= 15 is 0 Å². The molecule has 0 amide bonds. The Balaban J connectivity index is 0. The summed E-state index contributed by atoms with van der Waals surface area (Å²) < 4.78 is -0.229. The molecule has 4 heteroatoms. The average molecular weight is 437 g/mol. The molecule has 1 radical (unpaired) electrons. The van der Waals surface area contributed by atoms with Crippen molar-refractivity contribution in [2.75, 3.05) is 0 Å². The summed E-state index contributed by atoms with van der Waals surface area (Å²) in [5, 5.41) is 0. The second kappa shape index (κ2) is 10.7. The molecule has 0 N–H and O–H groups in total. The minimum atomic E-state index is -0.229. The summed E-state index contributed by atoms with van der Waals surface area (Å²) in [6, 6.07) is 0. The zero-order valence-corrected chi connectivity index (χ0v) is 11.0. The summed E-state index contributed by atoms with van der Waals surface area (Å²) in [6.07, 6.45) is 0. The van der Waals surface area contributed by atoms with Crippen LogP contribution in [0, 0.1) is 6.92 Å². The minimum absolute atomic E-state index is 0.229. The van der Waals surface area contributed by atoms with Crippen LogP contribution in [-0.4, -0.2) is 4.30 Å². The van der Waals surface area contributed by atoms with Crippen molar-refractivity contribution in [3.05, 3.63) is 6.92 Å². The van der Waals surface area contributed by atoms with Crippen LogP contribution >= 0.6 is 60.8 Å². The van der Waals surface area contributed by atoms with Gasteiger partial charge < -0.3 is 0 Å². The Labute approximate surface area is 77.2 Å². The molecule has 0 fully saturated rings. The molecule has 0 nitrogen and oxygen atoms in total. The van der Waals surface area contributed by atoms with Crippen LogP contribution in [-0.2, 0) is 0 Å². The van der Waals surface area contributed by atoms with Crippen molar-refractivity contribution < 1.29 is 0 Å². The molecule has 0 atom stereocenters. The highest BCUT2D eigenvalue weighted by molar-refractivity contribution is 14.4. The largest absolute Gasteiger partial charge is 0.524 e. The Hall–Kier alpha value is 2.72. The van der Waals surface area contributed by atoms with Gasteiger partial charge in [-0.1, -0.05) is 13.8 Å². The fourth-order valence-electron chi connectivity index (χ4n) is 0. The molecule has 0 rings (SSSR count). The van der Waals surface area contributed by atoms with Crippen LogP contribution < -0.4 is 0 Å². The van der Waals surface area contributed by atoms with E-state index in [1.54, 1.807) is 6.92 Å². The van der Waals surface area contributed by atoms with E-state index in [0.29, 0.717) is 0 Å². The maximum atomic E-state index is 3.25. The maximum absolute atomic E-state index is 3.25. The third kappa shape index (κ3) is 29.7. The molecule has 0 bridgehead atoms. The molecule has 0 aliphatic rings. The average Bonchev–Trinajstić information content (AvgIpc) is 1.41. The second-order valence-electron chi connectivity index (χ2n) is 0.247. The van der Waals surface area contributed by atoms with Gasteiger partial charge in [0.2, 0.25) is 0 Å². The fourth-order valence-corrected chi connectivity index (χ4v) is 0. The molecule has 0 aromatic rings. The lowest BCUT2D eigenvalue weighted by molar-refractivity contribution is 1.81. The van der Waals surface area contributed by atoms with E-state index in [2.05, 4.69) is 67.7 Å². The number of rotatable bonds is 0. The predicted octanol–water partition coefficient (Wildman–Crippen LogP) is 3.12. The Morgan fingerprint density at radius 1 is 1.17 bits per heavy atom. The number of hydrogen-bond donors (Lipinski definition) is 0. The Bertz CT molecular complexity index is 13.5. The van der Waals surface area contributed by atoms with Crippen LogP contribution in [0.25, 0.3) is 0 Å². The van der Waals surface area contributed by atoms with E-state index < -0.39 is 0 Å². The van der Waals surface area contributed by atoms with Gasteiger partial charge in [0.1, 0.15) is 0 Å². The van der Waals surface area contributed by atoms with Crippen molar-refractivity contribution in [2.45, 2.75) is 6.92 Å². The Morgan fingerprint density at radius 2 is 1.17 bits per heavy atom. The van der Waals surface area contributed by atoms with E-state index in [1.807, 2.05) is 0 Å². The van der Waals surface area contributed by atoms with Gasteiger partial charge in [0.05, 0.1) is 0 Å². The van der Waals surface area contributed by atoms with Crippen LogP contribution in [0.2, 0.25) is 0 Å². The minimum Gasteiger partial charge on any atom is -0.175 e. The molecule has 0 saturated carbocycles. The first-order valence-corrected chi connectivity index (χ1v) is 13.9. The monoisotopic (exact) mass is 437 g/mol. The number of hydrogen-bond acceptors (Lipinski definition) is 0. The summed E-state index contributed by atoms with van der Waals surface area (Å²) >= 11 is 7.37. The topological polar surface area (TPSA) is 0 Å². The van der Waals surface area contributed by atoms with Gasteiger partial charge in [0, 0.05) is 0 Å². The van der Waals surface area contributed by atoms with Crippen molar-refractivity contribution in [3.8, 4) is 0 Å². The highest BCUT2D eigenvalue weighted by atomic mass is 127. The Morgan fingerprint density at radius 3 is 1.17 bits per heavy atom. The Kier molecular flexibility index (Phi) is 20.4. The van der Waals surface area contributed by atoms with Crippen molar-refractivity contribution in [2.24, 2.45) is 0 Å². The molecule has 6 heavy (non-hydrogen) atoms. The van der Waals surface area contributed by atoms with Crippen LogP contribution in [0.5, 0.6) is 0 Å². The second-order valence-corrected chi connectivity index (χ2v) is 33.4. The molecule has 0 aliphatic carbocycles. The van der Waals surface area contributed by atoms with E-state index in [-0.39, 0.29) is 4.30 Å². The molecule has 0 aliphatic heterocycles. The first-order valence-electron chi connectivity index (χ1n) is 1.36. The molecule has 0 heterocycles. The zero-order chi connectivity index (χ0) is 5.58. The van der Waals surface area contributed by atoms with Crippen LogP contribution in [0.15, 0.2) is 0 Å². The fraction of sp³-hybridized carbons (Fsp3) is 0.500. The SMILES string of the molecule is [CH2]C.[I][Al]([I])[I]. The summed E-state index contributed by atoms with van der Waals surface area (Å²) in [7, 11) is 0. The van der Waals surface area contributed by atoms with Gasteiger partial charge in [0.15, 0.2) is 0 Å². The quantitative estimate of drug-likeness (QED) is 0.404. The molecule has 37 valence electrons. The first kappa shape index (κ1) is 11.5. The molecule has 0 unspecified atom stereocenters. The summed E-state index contributed by atoms with van der Waals surface area (Å²) in [6.45, 7) is 5.00. The smallest absolute Gasteiger partial charge is 0.175 e. The lowest BCUT2D eigenvalue weighted by atomic mass is 11.0. The van der Waals surface area contributed by atoms with Crippen LogP contribution in [0.3, 0.4) is 0 Å². The highest BCUT2D eigenvalue weighted by Gasteiger charge is 1.94. The van der Waals surface area contributed by atoms with Gasteiger partial charge >= 0.3 is 4.30 Å². The van der Waals surface area contributed by atoms with Crippen molar-refractivity contribution in [1.29, 1.82) is 0 Å². The van der Waals surface area contributed by atoms with E-state index in [0.717, 1.165) is 0 Å². The third-order valence-electron chi connectivity index (χ3n) is 0. The molecule has 0 aromatic carbocycles. The van der Waals surface area contributed by atoms with E-state index in [4.69, 9.17) is 0 Å². The lowest BCUT2D eigenvalue weighted by Crippen LogP contribution is -1.59.